The molecule has 244 valence electrons. The number of carbonyl (C=O) groups excluding carboxylic acids is 3. The highest BCUT2D eigenvalue weighted by molar-refractivity contribution is 5.75. The third-order valence-electron chi connectivity index (χ3n) is 6.80. The van der Waals surface area contributed by atoms with Gasteiger partial charge in [-0.3, -0.25) is 4.79 Å². The van der Waals surface area contributed by atoms with Crippen molar-refractivity contribution in [2.75, 3.05) is 19.8 Å². The van der Waals surface area contributed by atoms with Gasteiger partial charge >= 0.3 is 24.4 Å². The number of hydrogen-bond acceptors (Lipinski definition) is 11. The van der Waals surface area contributed by atoms with Crippen LogP contribution in [0.3, 0.4) is 0 Å². The van der Waals surface area contributed by atoms with Crippen molar-refractivity contribution in [3.63, 3.8) is 0 Å². The van der Waals surface area contributed by atoms with Gasteiger partial charge in [0.15, 0.2) is 11.5 Å². The van der Waals surface area contributed by atoms with E-state index in [-0.39, 0.29) is 37.2 Å². The van der Waals surface area contributed by atoms with Crippen LogP contribution in [0.5, 0.6) is 11.5 Å². The van der Waals surface area contributed by atoms with Crippen LogP contribution in [0.25, 0.3) is 0 Å². The van der Waals surface area contributed by atoms with Gasteiger partial charge in [0.1, 0.15) is 12.1 Å². The van der Waals surface area contributed by atoms with Gasteiger partial charge in [0.25, 0.3) is 0 Å². The summed E-state index contributed by atoms with van der Waals surface area (Å²) in [5.41, 5.74) is 6.44. The number of rotatable bonds is 18. The number of nitrogens with two attached hydrogens (primary N) is 1. The van der Waals surface area contributed by atoms with Crippen molar-refractivity contribution in [1.29, 1.82) is 0 Å². The molecule has 1 aromatic rings. The van der Waals surface area contributed by atoms with Crippen LogP contribution in [0.2, 0.25) is 0 Å². The third kappa shape index (κ3) is 14.5. The minimum atomic E-state index is -1.43. The SMILES string of the molecule is CCCCCOC(=O)OC(C)C(C)C(c1ccc(OC(=O)OCCC(C)C)c(OC(=O)OCCC(C)C)c1)[C@H](N)C(=O)O. The average Bonchev–Trinajstić information content (AvgIpc) is 2.91. The molecule has 0 radical (unpaired) electrons. The van der Waals surface area contributed by atoms with Gasteiger partial charge in [-0.1, -0.05) is 60.5 Å². The topological polar surface area (TPSA) is 170 Å². The molecule has 1 aromatic carbocycles. The second kappa shape index (κ2) is 19.6. The lowest BCUT2D eigenvalue weighted by atomic mass is 9.79. The minimum absolute atomic E-state index is 0.108. The molecule has 0 amide bonds. The number of carboxylic acid groups (broad SMARTS) is 1. The van der Waals surface area contributed by atoms with Crippen LogP contribution >= 0.6 is 0 Å². The maximum absolute atomic E-state index is 12.5. The molecule has 43 heavy (non-hydrogen) atoms. The summed E-state index contributed by atoms with van der Waals surface area (Å²) in [7, 11) is 0. The lowest BCUT2D eigenvalue weighted by Crippen LogP contribution is -2.42. The van der Waals surface area contributed by atoms with Gasteiger partial charge < -0.3 is 39.3 Å². The van der Waals surface area contributed by atoms with E-state index in [4.69, 9.17) is 34.2 Å². The highest BCUT2D eigenvalue weighted by Gasteiger charge is 2.36. The van der Waals surface area contributed by atoms with E-state index in [9.17, 15) is 24.3 Å². The van der Waals surface area contributed by atoms with Crippen LogP contribution in [0.15, 0.2) is 18.2 Å². The summed E-state index contributed by atoms with van der Waals surface area (Å²) in [5.74, 6) is -2.61. The van der Waals surface area contributed by atoms with Crippen molar-refractivity contribution < 1.29 is 52.7 Å². The van der Waals surface area contributed by atoms with E-state index in [2.05, 4.69) is 0 Å². The van der Waals surface area contributed by atoms with E-state index in [1.165, 1.54) is 18.2 Å². The third-order valence-corrected chi connectivity index (χ3v) is 6.80. The molecule has 3 unspecified atom stereocenters. The lowest BCUT2D eigenvalue weighted by Gasteiger charge is -2.31. The summed E-state index contributed by atoms with van der Waals surface area (Å²) in [5, 5.41) is 9.80. The van der Waals surface area contributed by atoms with Crippen molar-refractivity contribution in [2.45, 2.75) is 98.6 Å². The van der Waals surface area contributed by atoms with E-state index in [1.54, 1.807) is 13.8 Å². The highest BCUT2D eigenvalue weighted by Crippen LogP contribution is 2.37. The van der Waals surface area contributed by atoms with Crippen molar-refractivity contribution in [2.24, 2.45) is 23.5 Å². The van der Waals surface area contributed by atoms with Crippen molar-refractivity contribution in [3.05, 3.63) is 23.8 Å². The predicted octanol–water partition coefficient (Wildman–Crippen LogP) is 6.67. The second-order valence-electron chi connectivity index (χ2n) is 11.3. The summed E-state index contributed by atoms with van der Waals surface area (Å²) in [6.07, 6.45) is 0.0849. The Kier molecular flexibility index (Phi) is 17.1. The molecule has 0 saturated heterocycles. The number of benzene rings is 1. The van der Waals surface area contributed by atoms with E-state index in [1.807, 2.05) is 34.6 Å². The summed E-state index contributed by atoms with van der Waals surface area (Å²) in [6.45, 7) is 13.7. The molecule has 0 heterocycles. The fourth-order valence-electron chi connectivity index (χ4n) is 3.97. The first-order valence-electron chi connectivity index (χ1n) is 14.9. The molecule has 0 aliphatic carbocycles. The van der Waals surface area contributed by atoms with Gasteiger partial charge in [-0.15, -0.1) is 0 Å². The molecule has 0 aromatic heterocycles. The average molecular weight is 612 g/mol. The fraction of sp³-hybridized carbons (Fsp3) is 0.677. The van der Waals surface area contributed by atoms with Gasteiger partial charge in [-0.25, -0.2) is 14.4 Å². The predicted molar refractivity (Wildman–Crippen MR) is 158 cm³/mol. The number of unbranched alkanes of at least 4 members (excludes halogenated alkanes) is 2. The highest BCUT2D eigenvalue weighted by atomic mass is 16.7. The molecule has 0 fully saturated rings. The summed E-state index contributed by atoms with van der Waals surface area (Å²) in [4.78, 5) is 49.1. The van der Waals surface area contributed by atoms with E-state index < -0.39 is 48.4 Å². The Morgan fingerprint density at radius 2 is 1.30 bits per heavy atom. The lowest BCUT2D eigenvalue weighted by molar-refractivity contribution is -0.139. The Hall–Kier alpha value is -3.54. The van der Waals surface area contributed by atoms with Gasteiger partial charge in [0.2, 0.25) is 0 Å². The fourth-order valence-corrected chi connectivity index (χ4v) is 3.97. The quantitative estimate of drug-likeness (QED) is 0.0783. The number of carbonyl (C=O) groups is 4. The summed E-state index contributed by atoms with van der Waals surface area (Å²) < 4.78 is 31.5. The number of carboxylic acids is 1. The second-order valence-corrected chi connectivity index (χ2v) is 11.3. The molecule has 12 heteroatoms. The molecule has 12 nitrogen and oxygen atoms in total. The van der Waals surface area contributed by atoms with Crippen molar-refractivity contribution in [1.82, 2.24) is 0 Å². The first-order chi connectivity index (χ1) is 20.3. The Morgan fingerprint density at radius 3 is 1.81 bits per heavy atom. The van der Waals surface area contributed by atoms with Crippen LogP contribution in [0.1, 0.15) is 92.1 Å². The van der Waals surface area contributed by atoms with Crippen molar-refractivity contribution >= 4 is 24.4 Å². The molecule has 0 aliphatic rings. The molecular formula is C31H49NO11. The first kappa shape index (κ1) is 37.5. The van der Waals surface area contributed by atoms with E-state index in [0.717, 1.165) is 12.8 Å². The molecule has 1 rings (SSSR count). The molecule has 3 N–H and O–H groups in total. The normalized spacial score (nSPS) is 13.9. The maximum Gasteiger partial charge on any atom is 0.513 e. The van der Waals surface area contributed by atoms with Gasteiger partial charge in [0.05, 0.1) is 19.8 Å². The Morgan fingerprint density at radius 1 is 0.767 bits per heavy atom. The molecule has 0 saturated carbocycles. The van der Waals surface area contributed by atoms with E-state index in [0.29, 0.717) is 30.7 Å². The molecule has 0 spiro atoms. The molecule has 0 bridgehead atoms. The van der Waals surface area contributed by atoms with Crippen LogP contribution in [0, 0.1) is 17.8 Å². The Labute approximate surface area is 254 Å². The first-order valence-corrected chi connectivity index (χ1v) is 14.9. The monoisotopic (exact) mass is 611 g/mol. The Balaban J connectivity index is 3.28. The standard InChI is InChI=1S/C31H49NO11/c1-8-9-10-15-38-29(35)41-22(7)21(6)26(27(32)28(33)34)23-11-12-24(42-30(36)39-16-13-19(2)3)25(18-23)43-31(37)40-17-14-20(4)5/h11-12,18-22,26-27H,8-10,13-17,32H2,1-7H3,(H,33,34)/t21?,22?,26?,27-/m0/s1. The van der Waals surface area contributed by atoms with Gasteiger partial charge in [-0.05, 0) is 55.7 Å². The number of aliphatic carboxylic acids is 1. The number of ether oxygens (including phenoxy) is 6. The van der Waals surface area contributed by atoms with Crippen LogP contribution in [-0.4, -0.2) is 61.5 Å². The molecular weight excluding hydrogens is 562 g/mol. The van der Waals surface area contributed by atoms with Crippen LogP contribution in [0.4, 0.5) is 14.4 Å². The van der Waals surface area contributed by atoms with Crippen molar-refractivity contribution in [3.8, 4) is 11.5 Å². The molecule has 0 aliphatic heterocycles. The van der Waals surface area contributed by atoms with Gasteiger partial charge in [0, 0.05) is 11.8 Å². The van der Waals surface area contributed by atoms with E-state index >= 15 is 0 Å². The minimum Gasteiger partial charge on any atom is -0.480 e. The van der Waals surface area contributed by atoms with Crippen LogP contribution < -0.4 is 15.2 Å². The summed E-state index contributed by atoms with van der Waals surface area (Å²) in [6, 6.07) is 2.76. The van der Waals surface area contributed by atoms with Gasteiger partial charge in [-0.2, -0.15) is 0 Å². The van der Waals surface area contributed by atoms with Crippen LogP contribution in [-0.2, 0) is 23.7 Å². The maximum atomic E-state index is 12.5. The zero-order valence-corrected chi connectivity index (χ0v) is 26.5. The smallest absolute Gasteiger partial charge is 0.480 e. The zero-order chi connectivity index (χ0) is 32.5. The zero-order valence-electron chi connectivity index (χ0n) is 26.5. The number of hydrogen-bond donors (Lipinski definition) is 2. The largest absolute Gasteiger partial charge is 0.513 e. The summed E-state index contributed by atoms with van der Waals surface area (Å²) >= 11 is 0. The Bertz CT molecular complexity index is 1030. The molecule has 4 atom stereocenters.